The minimum atomic E-state index is -0.420. The molecule has 11 heteroatoms. The number of esters is 1. The number of ether oxygens (including phenoxy) is 1. The molecule has 0 bridgehead atoms. The van der Waals surface area contributed by atoms with Crippen molar-refractivity contribution in [2.24, 2.45) is 22.6 Å². The number of pyridine rings is 1. The molecule has 2 aliphatic heterocycles. The molecule has 5 rings (SSSR count). The first-order valence-electron chi connectivity index (χ1n) is 12.3. The number of carbonyl (C=O) groups excluding carboxylic acids is 2. The molecule has 2 atom stereocenters. The molecule has 2 aromatic heterocycles. The standard InChI is InChI=1S/C26H28FN7O3/c27-22-11-20(34-15-18(10-25(34)35)14-33-8-7-31-32-33)2-3-21(22)19-1-4-23(30-13-19)24-9-17(5-6-29-24)16-37-26(36)12-28/h1-4,7-8,11,13,17-18H,5-6,9-10,12,14-16,28H2/t17-,18-/m0/s1. The molecule has 3 aromatic rings. The Labute approximate surface area is 213 Å². The number of nitrogens with zero attached hydrogens (tertiary/aromatic N) is 6. The van der Waals surface area contributed by atoms with Crippen molar-refractivity contribution in [3.8, 4) is 11.1 Å². The zero-order chi connectivity index (χ0) is 25.8. The van der Waals surface area contributed by atoms with E-state index in [-0.39, 0.29) is 24.3 Å². The summed E-state index contributed by atoms with van der Waals surface area (Å²) in [7, 11) is 0. The van der Waals surface area contributed by atoms with Crippen LogP contribution in [0, 0.1) is 17.7 Å². The van der Waals surface area contributed by atoms with Gasteiger partial charge in [0.25, 0.3) is 0 Å². The number of hydrogen-bond donors (Lipinski definition) is 1. The molecule has 1 amide bonds. The molecule has 1 fully saturated rings. The van der Waals surface area contributed by atoms with Crippen LogP contribution in [0.25, 0.3) is 11.1 Å². The number of carbonyl (C=O) groups is 2. The number of amides is 1. The van der Waals surface area contributed by atoms with Gasteiger partial charge in [0.1, 0.15) is 5.82 Å². The summed E-state index contributed by atoms with van der Waals surface area (Å²) < 4.78 is 22.0. The Hall–Kier alpha value is -3.99. The van der Waals surface area contributed by atoms with E-state index in [1.807, 2.05) is 12.1 Å². The van der Waals surface area contributed by atoms with Gasteiger partial charge >= 0.3 is 5.97 Å². The Kier molecular flexibility index (Phi) is 7.31. The van der Waals surface area contributed by atoms with Crippen molar-refractivity contribution in [3.63, 3.8) is 0 Å². The van der Waals surface area contributed by atoms with E-state index in [0.29, 0.717) is 55.9 Å². The maximum absolute atomic E-state index is 15.1. The van der Waals surface area contributed by atoms with Crippen LogP contribution >= 0.6 is 0 Å². The lowest BCUT2D eigenvalue weighted by molar-refractivity contribution is -0.143. The third-order valence-electron chi connectivity index (χ3n) is 6.73. The van der Waals surface area contributed by atoms with Gasteiger partial charge in [-0.25, -0.2) is 4.39 Å². The molecular formula is C26H28FN7O3. The summed E-state index contributed by atoms with van der Waals surface area (Å²) in [6.45, 7) is 1.90. The average Bonchev–Trinajstić information content (AvgIpc) is 3.57. The number of benzene rings is 1. The van der Waals surface area contributed by atoms with Gasteiger partial charge in [-0.1, -0.05) is 11.3 Å². The first-order valence-corrected chi connectivity index (χ1v) is 12.3. The summed E-state index contributed by atoms with van der Waals surface area (Å²) in [6, 6.07) is 8.49. The topological polar surface area (TPSA) is 129 Å². The molecule has 0 spiro atoms. The average molecular weight is 506 g/mol. The highest BCUT2D eigenvalue weighted by Crippen LogP contribution is 2.31. The normalized spacial score (nSPS) is 19.7. The van der Waals surface area contributed by atoms with Gasteiger partial charge < -0.3 is 15.4 Å². The quantitative estimate of drug-likeness (QED) is 0.465. The van der Waals surface area contributed by atoms with Crippen molar-refractivity contribution in [1.29, 1.82) is 0 Å². The zero-order valence-corrected chi connectivity index (χ0v) is 20.3. The predicted octanol–water partition coefficient (Wildman–Crippen LogP) is 2.23. The lowest BCUT2D eigenvalue weighted by Crippen LogP contribution is -2.25. The summed E-state index contributed by atoms with van der Waals surface area (Å²) in [5.74, 6) is -0.619. The minimum absolute atomic E-state index is 0.0346. The van der Waals surface area contributed by atoms with Gasteiger partial charge in [0.15, 0.2) is 0 Å². The highest BCUT2D eigenvalue weighted by molar-refractivity contribution is 5.99. The van der Waals surface area contributed by atoms with Crippen LogP contribution in [-0.2, 0) is 20.9 Å². The fraction of sp³-hybridized carbons (Fsp3) is 0.385. The Bertz CT molecular complexity index is 1290. The maximum Gasteiger partial charge on any atom is 0.319 e. The molecule has 2 N–H and O–H groups in total. The van der Waals surface area contributed by atoms with Crippen molar-refractivity contribution in [3.05, 3.63) is 60.4 Å². The van der Waals surface area contributed by atoms with E-state index in [4.69, 9.17) is 10.5 Å². The fourth-order valence-electron chi connectivity index (χ4n) is 4.80. The van der Waals surface area contributed by atoms with Crippen LogP contribution in [-0.4, -0.2) is 63.8 Å². The van der Waals surface area contributed by atoms with Gasteiger partial charge in [-0.15, -0.1) is 5.10 Å². The molecule has 1 aromatic carbocycles. The molecule has 2 aliphatic rings. The highest BCUT2D eigenvalue weighted by atomic mass is 19.1. The van der Waals surface area contributed by atoms with Gasteiger partial charge in [0.05, 0.1) is 30.8 Å². The molecule has 0 radical (unpaired) electrons. The van der Waals surface area contributed by atoms with Crippen LogP contribution in [0.2, 0.25) is 0 Å². The van der Waals surface area contributed by atoms with Crippen LogP contribution in [0.3, 0.4) is 0 Å². The van der Waals surface area contributed by atoms with Crippen molar-refractivity contribution < 1.29 is 18.7 Å². The van der Waals surface area contributed by atoms with Crippen LogP contribution < -0.4 is 10.6 Å². The molecule has 0 aliphatic carbocycles. The van der Waals surface area contributed by atoms with Gasteiger partial charge in [0, 0.05) is 67.1 Å². The summed E-state index contributed by atoms with van der Waals surface area (Å²) in [5, 5.41) is 7.76. The Morgan fingerprint density at radius 3 is 2.81 bits per heavy atom. The van der Waals surface area contributed by atoms with Gasteiger partial charge in [-0.2, -0.15) is 0 Å². The lowest BCUT2D eigenvalue weighted by atomic mass is 9.94. The van der Waals surface area contributed by atoms with Crippen molar-refractivity contribution in [1.82, 2.24) is 20.0 Å². The highest BCUT2D eigenvalue weighted by Gasteiger charge is 2.31. The molecule has 37 heavy (non-hydrogen) atoms. The van der Waals surface area contributed by atoms with E-state index < -0.39 is 11.8 Å². The molecule has 192 valence electrons. The monoisotopic (exact) mass is 505 g/mol. The van der Waals surface area contributed by atoms with Crippen molar-refractivity contribution >= 4 is 23.3 Å². The van der Waals surface area contributed by atoms with E-state index in [1.54, 1.807) is 40.3 Å². The maximum atomic E-state index is 15.1. The summed E-state index contributed by atoms with van der Waals surface area (Å²) in [5.41, 5.74) is 8.44. The SMILES string of the molecule is NCC(=O)OC[C@H]1CCN=C(c2ccc(-c3ccc(N4C[C@H](Cn5ccnn5)CC4=O)cc3F)cn2)C1. The first kappa shape index (κ1) is 24.7. The zero-order valence-electron chi connectivity index (χ0n) is 20.3. The van der Waals surface area contributed by atoms with E-state index in [9.17, 15) is 9.59 Å². The molecule has 10 nitrogen and oxygen atoms in total. The number of aliphatic imine (C=N–C) groups is 1. The number of halogens is 1. The molecule has 1 saturated heterocycles. The molecule has 4 heterocycles. The van der Waals surface area contributed by atoms with Crippen LogP contribution in [0.4, 0.5) is 10.1 Å². The van der Waals surface area contributed by atoms with Crippen molar-refractivity contribution in [2.75, 3.05) is 31.1 Å². The van der Waals surface area contributed by atoms with E-state index in [1.165, 1.54) is 6.07 Å². The lowest BCUT2D eigenvalue weighted by Gasteiger charge is -2.21. The second-order valence-electron chi connectivity index (χ2n) is 9.37. The third-order valence-corrected chi connectivity index (χ3v) is 6.73. The number of rotatable bonds is 8. The Morgan fingerprint density at radius 2 is 2.08 bits per heavy atom. The third kappa shape index (κ3) is 5.72. The fourth-order valence-corrected chi connectivity index (χ4v) is 4.80. The molecule has 0 saturated carbocycles. The van der Waals surface area contributed by atoms with Crippen molar-refractivity contribution in [2.45, 2.75) is 25.8 Å². The minimum Gasteiger partial charge on any atom is -0.464 e. The van der Waals surface area contributed by atoms with Gasteiger partial charge in [0.2, 0.25) is 5.91 Å². The van der Waals surface area contributed by atoms with Crippen LogP contribution in [0.5, 0.6) is 0 Å². The predicted molar refractivity (Wildman–Crippen MR) is 134 cm³/mol. The number of hydrogen-bond acceptors (Lipinski definition) is 8. The van der Waals surface area contributed by atoms with Crippen LogP contribution in [0.1, 0.15) is 25.0 Å². The number of aromatic nitrogens is 4. The first-order chi connectivity index (χ1) is 18.0. The largest absolute Gasteiger partial charge is 0.464 e. The summed E-state index contributed by atoms with van der Waals surface area (Å²) in [4.78, 5) is 34.7. The Balaban J connectivity index is 1.24. The molecule has 0 unspecified atom stereocenters. The summed E-state index contributed by atoms with van der Waals surface area (Å²) >= 11 is 0. The van der Waals surface area contributed by atoms with Gasteiger partial charge in [-0.3, -0.25) is 24.2 Å². The van der Waals surface area contributed by atoms with E-state index in [2.05, 4.69) is 20.3 Å². The smallest absolute Gasteiger partial charge is 0.319 e. The van der Waals surface area contributed by atoms with Crippen LogP contribution in [0.15, 0.2) is 53.9 Å². The second-order valence-corrected chi connectivity index (χ2v) is 9.37. The number of nitrogens with two attached hydrogens (primary N) is 1. The Morgan fingerprint density at radius 1 is 1.19 bits per heavy atom. The van der Waals surface area contributed by atoms with Gasteiger partial charge in [-0.05, 0) is 37.1 Å². The van der Waals surface area contributed by atoms with E-state index in [0.717, 1.165) is 17.8 Å². The molecular weight excluding hydrogens is 477 g/mol. The summed E-state index contributed by atoms with van der Waals surface area (Å²) in [6.07, 6.45) is 6.86. The van der Waals surface area contributed by atoms with E-state index >= 15 is 4.39 Å². The number of anilines is 1. The second kappa shape index (κ2) is 11.0.